The highest BCUT2D eigenvalue weighted by Crippen LogP contribution is 2.43. The van der Waals surface area contributed by atoms with Crippen molar-refractivity contribution in [2.75, 3.05) is 6.61 Å². The number of hydrogen-bond donors (Lipinski definition) is 7. The highest BCUT2D eigenvalue weighted by molar-refractivity contribution is 4.96. The van der Waals surface area contributed by atoms with Crippen LogP contribution in [0.1, 0.15) is 44.9 Å². The molecule has 13 atom stereocenters. The van der Waals surface area contributed by atoms with Gasteiger partial charge in [-0.15, -0.1) is 0 Å². The van der Waals surface area contributed by atoms with Crippen molar-refractivity contribution in [3.63, 3.8) is 0 Å². The fourth-order valence-electron chi connectivity index (χ4n) is 5.69. The van der Waals surface area contributed by atoms with Crippen LogP contribution in [0.5, 0.6) is 0 Å². The molecule has 7 N–H and O–H groups in total. The lowest BCUT2D eigenvalue weighted by atomic mass is 9.73. The summed E-state index contributed by atoms with van der Waals surface area (Å²) in [6.07, 6.45) is -5.91. The number of fused-ring (bicyclic) bond motifs is 1. The number of aliphatic hydroxyl groups is 7. The molecule has 10 nitrogen and oxygen atoms in total. The highest BCUT2D eigenvalue weighted by Gasteiger charge is 2.50. The third-order valence-corrected chi connectivity index (χ3v) is 7.58. The normalized spacial score (nSPS) is 53.7. The van der Waals surface area contributed by atoms with Gasteiger partial charge in [0.2, 0.25) is 0 Å². The van der Waals surface area contributed by atoms with Gasteiger partial charge in [0.25, 0.3) is 0 Å². The van der Waals surface area contributed by atoms with Crippen LogP contribution in [0.25, 0.3) is 0 Å². The Labute approximate surface area is 181 Å². The van der Waals surface area contributed by atoms with E-state index in [-0.39, 0.29) is 17.9 Å². The summed E-state index contributed by atoms with van der Waals surface area (Å²) in [7, 11) is 0. The average molecular weight is 449 g/mol. The van der Waals surface area contributed by atoms with Crippen LogP contribution in [0.3, 0.4) is 0 Å². The lowest BCUT2D eigenvalue weighted by Gasteiger charge is -2.50. The summed E-state index contributed by atoms with van der Waals surface area (Å²) in [5.74, 6) is 0.0712. The summed E-state index contributed by atoms with van der Waals surface area (Å²) in [6.45, 7) is -0.537. The molecule has 2 aliphatic carbocycles. The molecule has 2 heterocycles. The average Bonchev–Trinajstić information content (AvgIpc) is 2.75. The predicted molar refractivity (Wildman–Crippen MR) is 105 cm³/mol. The fraction of sp³-hybridized carbons (Fsp3) is 1.00. The third kappa shape index (κ3) is 4.93. The molecule has 0 amide bonds. The summed E-state index contributed by atoms with van der Waals surface area (Å²) in [5, 5.41) is 70.2. The maximum atomic E-state index is 10.4. The molecule has 8 unspecified atom stereocenters. The Morgan fingerprint density at radius 3 is 2.16 bits per heavy atom. The second-order valence-electron chi connectivity index (χ2n) is 9.68. The van der Waals surface area contributed by atoms with E-state index in [4.69, 9.17) is 14.2 Å². The summed E-state index contributed by atoms with van der Waals surface area (Å²) >= 11 is 0. The molecule has 0 aromatic rings. The second-order valence-corrected chi connectivity index (χ2v) is 9.68. The molecule has 2 saturated carbocycles. The molecular weight excluding hydrogens is 412 g/mol. The van der Waals surface area contributed by atoms with Gasteiger partial charge in [0.05, 0.1) is 43.2 Å². The van der Waals surface area contributed by atoms with Crippen molar-refractivity contribution >= 4 is 0 Å². The highest BCUT2D eigenvalue weighted by atomic mass is 16.7. The monoisotopic (exact) mass is 448 g/mol. The van der Waals surface area contributed by atoms with E-state index in [2.05, 4.69) is 0 Å². The second kappa shape index (κ2) is 9.84. The molecule has 10 heteroatoms. The zero-order valence-electron chi connectivity index (χ0n) is 17.5. The zero-order valence-corrected chi connectivity index (χ0v) is 17.5. The molecule has 2 saturated heterocycles. The van der Waals surface area contributed by atoms with Crippen LogP contribution in [0, 0.1) is 11.8 Å². The maximum Gasteiger partial charge on any atom is 0.187 e. The van der Waals surface area contributed by atoms with Crippen molar-refractivity contribution in [2.45, 2.75) is 112 Å². The smallest absolute Gasteiger partial charge is 0.187 e. The van der Waals surface area contributed by atoms with Crippen molar-refractivity contribution < 1.29 is 50.0 Å². The lowest BCUT2D eigenvalue weighted by molar-refractivity contribution is -0.331. The van der Waals surface area contributed by atoms with E-state index >= 15 is 0 Å². The van der Waals surface area contributed by atoms with E-state index in [0.717, 1.165) is 6.42 Å². The first-order valence-corrected chi connectivity index (χ1v) is 11.4. The molecule has 31 heavy (non-hydrogen) atoms. The van der Waals surface area contributed by atoms with Gasteiger partial charge in [0.15, 0.2) is 6.29 Å². The van der Waals surface area contributed by atoms with Gasteiger partial charge in [0.1, 0.15) is 24.4 Å². The summed E-state index contributed by atoms with van der Waals surface area (Å²) in [6, 6.07) is 0. The van der Waals surface area contributed by atoms with Crippen LogP contribution in [0.2, 0.25) is 0 Å². The molecule has 2 aliphatic heterocycles. The van der Waals surface area contributed by atoms with Gasteiger partial charge in [-0.1, -0.05) is 0 Å². The van der Waals surface area contributed by atoms with E-state index in [9.17, 15) is 35.7 Å². The van der Waals surface area contributed by atoms with E-state index < -0.39 is 67.8 Å². The van der Waals surface area contributed by atoms with Crippen LogP contribution in [-0.2, 0) is 14.2 Å². The fourth-order valence-corrected chi connectivity index (χ4v) is 5.69. The van der Waals surface area contributed by atoms with E-state index in [1.54, 1.807) is 0 Å². The van der Waals surface area contributed by atoms with E-state index in [1.807, 2.05) is 0 Å². The van der Waals surface area contributed by atoms with Gasteiger partial charge in [-0.25, -0.2) is 0 Å². The molecule has 4 aliphatic rings. The summed E-state index contributed by atoms with van der Waals surface area (Å²) < 4.78 is 18.1. The minimum absolute atomic E-state index is 0.0895. The Morgan fingerprint density at radius 1 is 0.710 bits per heavy atom. The summed E-state index contributed by atoms with van der Waals surface area (Å²) in [5.41, 5.74) is 0. The topological polar surface area (TPSA) is 169 Å². The van der Waals surface area contributed by atoms with Gasteiger partial charge in [0, 0.05) is 0 Å². The van der Waals surface area contributed by atoms with Crippen LogP contribution in [0.15, 0.2) is 0 Å². The number of aliphatic hydroxyl groups excluding tert-OH is 7. The minimum atomic E-state index is -1.52. The zero-order chi connectivity index (χ0) is 22.3. The molecule has 0 aromatic heterocycles. The van der Waals surface area contributed by atoms with Gasteiger partial charge in [-0.05, 0) is 56.8 Å². The van der Waals surface area contributed by atoms with Crippen molar-refractivity contribution in [1.82, 2.24) is 0 Å². The molecule has 0 aromatic carbocycles. The van der Waals surface area contributed by atoms with Crippen molar-refractivity contribution in [3.05, 3.63) is 0 Å². The molecule has 0 spiro atoms. The van der Waals surface area contributed by atoms with Gasteiger partial charge >= 0.3 is 0 Å². The Balaban J connectivity index is 1.51. The van der Waals surface area contributed by atoms with Gasteiger partial charge in [-0.2, -0.15) is 0 Å². The minimum Gasteiger partial charge on any atom is -0.394 e. The Bertz CT molecular complexity index is 591. The Morgan fingerprint density at radius 2 is 1.45 bits per heavy atom. The first-order chi connectivity index (χ1) is 14.8. The summed E-state index contributed by atoms with van der Waals surface area (Å²) in [4.78, 5) is 0. The van der Waals surface area contributed by atoms with E-state index in [1.165, 1.54) is 0 Å². The molecule has 4 rings (SSSR count). The van der Waals surface area contributed by atoms with Crippen molar-refractivity contribution in [3.8, 4) is 0 Å². The maximum absolute atomic E-state index is 10.4. The Kier molecular flexibility index (Phi) is 7.54. The molecule has 4 fully saturated rings. The number of hydrogen-bond acceptors (Lipinski definition) is 10. The molecule has 180 valence electrons. The van der Waals surface area contributed by atoms with Gasteiger partial charge in [-0.3, -0.25) is 0 Å². The molecule has 0 radical (unpaired) electrons. The quantitative estimate of drug-likeness (QED) is 0.256. The van der Waals surface area contributed by atoms with Crippen LogP contribution >= 0.6 is 0 Å². The van der Waals surface area contributed by atoms with Crippen LogP contribution in [0.4, 0.5) is 0 Å². The van der Waals surface area contributed by atoms with Crippen LogP contribution in [-0.4, -0.2) is 110 Å². The first-order valence-electron chi connectivity index (χ1n) is 11.4. The molecule has 0 bridgehead atoms. The third-order valence-electron chi connectivity index (χ3n) is 7.58. The predicted octanol–water partition coefficient (Wildman–Crippen LogP) is -1.99. The SMILES string of the molecule is OC[C@@H]1O[C@H](OC2CC3CCC(O)CC3OC2C2CCC(O)C(O)C2)[C@@H](O)[C@H](O)[C@H]1O. The van der Waals surface area contributed by atoms with Crippen molar-refractivity contribution in [2.24, 2.45) is 11.8 Å². The number of ether oxygens (including phenoxy) is 3. The Hall–Kier alpha value is -0.400. The largest absolute Gasteiger partial charge is 0.394 e. The van der Waals surface area contributed by atoms with Gasteiger partial charge < -0.3 is 50.0 Å². The first kappa shape index (κ1) is 23.7. The van der Waals surface area contributed by atoms with E-state index in [0.29, 0.717) is 38.5 Å². The number of rotatable bonds is 4. The molecular formula is C21H36O10. The lowest BCUT2D eigenvalue weighted by Crippen LogP contribution is -2.61. The van der Waals surface area contributed by atoms with Crippen molar-refractivity contribution in [1.29, 1.82) is 0 Å². The van der Waals surface area contributed by atoms with Crippen LogP contribution < -0.4 is 0 Å². The standard InChI is InChI=1S/C21H36O10/c22-8-16-17(26)18(27)19(28)21(31-16)30-15-6-9-1-3-11(23)7-14(9)29-20(15)10-2-4-12(24)13(25)5-10/h9-28H,1-8H2/t9?,10?,11?,12?,13?,14?,15?,16-,17-,18+,19-,20?,21-/m0/s1.